The van der Waals surface area contributed by atoms with Crippen LogP contribution in [0.1, 0.15) is 17.7 Å². The van der Waals surface area contributed by atoms with Crippen LogP contribution in [0.2, 0.25) is 0 Å². The molecule has 0 aliphatic rings. The minimum atomic E-state index is -0.350. The highest BCUT2D eigenvalue weighted by Gasteiger charge is 2.14. The van der Waals surface area contributed by atoms with Crippen LogP contribution in [0.25, 0.3) is 0 Å². The van der Waals surface area contributed by atoms with Gasteiger partial charge in [-0.05, 0) is 25.0 Å². The maximum atomic E-state index is 12.0. The fraction of sp³-hybridized carbons (Fsp3) is 0.312. The number of aromatic hydroxyl groups is 1. The highest BCUT2D eigenvalue weighted by molar-refractivity contribution is 5.93. The quantitative estimate of drug-likeness (QED) is 0.845. The third-order valence-corrected chi connectivity index (χ3v) is 3.30. The van der Waals surface area contributed by atoms with Crippen LogP contribution in [0.15, 0.2) is 34.9 Å². The second kappa shape index (κ2) is 7.44. The fourth-order valence-electron chi connectivity index (χ4n) is 2.07. The maximum absolute atomic E-state index is 12.0. The first-order valence-corrected chi connectivity index (χ1v) is 7.19. The van der Waals surface area contributed by atoms with Crippen LogP contribution in [-0.2, 0) is 16.0 Å². The molecule has 1 aromatic heterocycles. The molecule has 0 saturated carbocycles. The molecule has 122 valence electrons. The Bertz CT molecular complexity index is 696. The van der Waals surface area contributed by atoms with Gasteiger partial charge in [0.2, 0.25) is 11.8 Å². The molecular formula is C16H19N3O4. The zero-order valence-electron chi connectivity index (χ0n) is 13.1. The van der Waals surface area contributed by atoms with E-state index >= 15 is 0 Å². The minimum absolute atomic E-state index is 0.0779. The molecule has 0 aliphatic carbocycles. The largest absolute Gasteiger partial charge is 0.508 e. The van der Waals surface area contributed by atoms with E-state index in [9.17, 15) is 14.7 Å². The molecule has 7 heteroatoms. The van der Waals surface area contributed by atoms with Crippen molar-refractivity contribution in [1.29, 1.82) is 0 Å². The van der Waals surface area contributed by atoms with Crippen molar-refractivity contribution in [3.05, 3.63) is 41.7 Å². The Kier molecular flexibility index (Phi) is 5.35. The molecule has 23 heavy (non-hydrogen) atoms. The predicted molar refractivity (Wildman–Crippen MR) is 83.9 cm³/mol. The van der Waals surface area contributed by atoms with Gasteiger partial charge in [-0.15, -0.1) is 0 Å². The van der Waals surface area contributed by atoms with Crippen LogP contribution >= 0.6 is 0 Å². The molecule has 0 spiro atoms. The molecular weight excluding hydrogens is 298 g/mol. The van der Waals surface area contributed by atoms with Crippen LogP contribution in [0.4, 0.5) is 5.82 Å². The Morgan fingerprint density at radius 3 is 2.74 bits per heavy atom. The first kappa shape index (κ1) is 16.5. The van der Waals surface area contributed by atoms with Crippen molar-refractivity contribution in [2.45, 2.75) is 19.8 Å². The topological polar surface area (TPSA) is 95.7 Å². The number of phenols is 1. The van der Waals surface area contributed by atoms with Gasteiger partial charge in [-0.2, -0.15) is 0 Å². The van der Waals surface area contributed by atoms with Gasteiger partial charge in [0, 0.05) is 19.5 Å². The number of aryl methyl sites for hydroxylation is 2. The third-order valence-electron chi connectivity index (χ3n) is 3.30. The summed E-state index contributed by atoms with van der Waals surface area (Å²) in [5.74, 6) is 0.550. The van der Waals surface area contributed by atoms with Gasteiger partial charge >= 0.3 is 0 Å². The Balaban J connectivity index is 1.80. The van der Waals surface area contributed by atoms with E-state index in [1.165, 1.54) is 4.90 Å². The van der Waals surface area contributed by atoms with E-state index in [-0.39, 0.29) is 30.5 Å². The van der Waals surface area contributed by atoms with E-state index in [1.807, 2.05) is 0 Å². The number of likely N-dealkylation sites (N-methyl/N-ethyl adjacent to an activating group) is 1. The van der Waals surface area contributed by atoms with E-state index in [2.05, 4.69) is 10.5 Å². The van der Waals surface area contributed by atoms with Crippen molar-refractivity contribution in [3.63, 3.8) is 0 Å². The van der Waals surface area contributed by atoms with E-state index in [4.69, 9.17) is 4.52 Å². The number of rotatable bonds is 6. The van der Waals surface area contributed by atoms with E-state index in [0.29, 0.717) is 23.6 Å². The average molecular weight is 317 g/mol. The number of nitrogens with one attached hydrogen (secondary N) is 1. The number of amides is 2. The van der Waals surface area contributed by atoms with Gasteiger partial charge in [-0.3, -0.25) is 9.59 Å². The van der Waals surface area contributed by atoms with Crippen LogP contribution in [0.3, 0.4) is 0 Å². The summed E-state index contributed by atoms with van der Waals surface area (Å²) in [5, 5.41) is 15.9. The van der Waals surface area contributed by atoms with Crippen molar-refractivity contribution >= 4 is 17.6 Å². The van der Waals surface area contributed by atoms with Crippen LogP contribution in [0.5, 0.6) is 5.75 Å². The van der Waals surface area contributed by atoms with Crippen LogP contribution in [0, 0.1) is 6.92 Å². The molecule has 2 rings (SSSR count). The number of carbonyl (C=O) groups is 2. The van der Waals surface area contributed by atoms with Crippen LogP contribution < -0.4 is 5.32 Å². The summed E-state index contributed by atoms with van der Waals surface area (Å²) in [4.78, 5) is 25.2. The smallest absolute Gasteiger partial charge is 0.245 e. The first-order chi connectivity index (χ1) is 11.0. The van der Waals surface area contributed by atoms with E-state index in [1.54, 1.807) is 44.3 Å². The van der Waals surface area contributed by atoms with Crippen molar-refractivity contribution in [1.82, 2.24) is 10.1 Å². The summed E-state index contributed by atoms with van der Waals surface area (Å²) >= 11 is 0. The number of nitrogens with zero attached hydrogens (tertiary/aromatic N) is 2. The molecule has 0 aliphatic heterocycles. The molecule has 1 aromatic carbocycles. The molecule has 0 bridgehead atoms. The number of phenolic OH excluding ortho intramolecular Hbond substituents is 1. The number of hydrogen-bond donors (Lipinski definition) is 2. The van der Waals surface area contributed by atoms with Gasteiger partial charge in [-0.25, -0.2) is 0 Å². The van der Waals surface area contributed by atoms with Crippen molar-refractivity contribution in [2.75, 3.05) is 18.9 Å². The summed E-state index contributed by atoms with van der Waals surface area (Å²) in [7, 11) is 1.56. The van der Waals surface area contributed by atoms with Gasteiger partial charge < -0.3 is 19.8 Å². The molecule has 0 unspecified atom stereocenters. The number of carbonyl (C=O) groups excluding carboxylic acids is 2. The molecule has 0 fully saturated rings. The first-order valence-electron chi connectivity index (χ1n) is 7.19. The average Bonchev–Trinajstić information content (AvgIpc) is 2.90. The molecule has 2 aromatic rings. The van der Waals surface area contributed by atoms with Gasteiger partial charge in [0.25, 0.3) is 0 Å². The van der Waals surface area contributed by atoms with Crippen molar-refractivity contribution in [2.24, 2.45) is 0 Å². The Hall–Kier alpha value is -2.83. The van der Waals surface area contributed by atoms with Gasteiger partial charge in [0.05, 0.1) is 6.54 Å². The third kappa shape index (κ3) is 4.84. The Morgan fingerprint density at radius 2 is 2.09 bits per heavy atom. The summed E-state index contributed by atoms with van der Waals surface area (Å²) in [6.07, 6.45) is 0.629. The van der Waals surface area contributed by atoms with Gasteiger partial charge in [0.15, 0.2) is 5.82 Å². The Labute approximate surface area is 133 Å². The lowest BCUT2D eigenvalue weighted by molar-refractivity contribution is -0.133. The van der Waals surface area contributed by atoms with Crippen molar-refractivity contribution < 1.29 is 19.2 Å². The molecule has 0 saturated heterocycles. The Morgan fingerprint density at radius 1 is 1.35 bits per heavy atom. The lowest BCUT2D eigenvalue weighted by Crippen LogP contribution is -2.35. The van der Waals surface area contributed by atoms with Gasteiger partial charge in [-0.1, -0.05) is 23.4 Å². The zero-order valence-corrected chi connectivity index (χ0v) is 13.1. The highest BCUT2D eigenvalue weighted by atomic mass is 16.5. The summed E-state index contributed by atoms with van der Waals surface area (Å²) in [6, 6.07) is 8.47. The number of para-hydroxylation sites is 1. The molecule has 2 amide bonds. The van der Waals surface area contributed by atoms with E-state index in [0.717, 1.165) is 0 Å². The monoisotopic (exact) mass is 317 g/mol. The summed E-state index contributed by atoms with van der Waals surface area (Å²) < 4.78 is 4.85. The standard InChI is InChI=1S/C16H19N3O4/c1-11-9-14(18-23-11)17-15(21)10-19(2)16(22)8-7-12-5-3-4-6-13(12)20/h3-6,9,20H,7-8,10H2,1-2H3,(H,17,18,21). The van der Waals surface area contributed by atoms with E-state index < -0.39 is 0 Å². The highest BCUT2D eigenvalue weighted by Crippen LogP contribution is 2.17. The van der Waals surface area contributed by atoms with Gasteiger partial charge in [0.1, 0.15) is 11.5 Å². The summed E-state index contributed by atoms with van der Waals surface area (Å²) in [5.41, 5.74) is 0.705. The number of hydrogen-bond acceptors (Lipinski definition) is 5. The predicted octanol–water partition coefficient (Wildman–Crippen LogP) is 1.72. The molecule has 2 N–H and O–H groups in total. The second-order valence-corrected chi connectivity index (χ2v) is 5.25. The van der Waals surface area contributed by atoms with Crippen molar-refractivity contribution in [3.8, 4) is 5.75 Å². The minimum Gasteiger partial charge on any atom is -0.508 e. The second-order valence-electron chi connectivity index (χ2n) is 5.25. The normalized spacial score (nSPS) is 10.3. The molecule has 7 nitrogen and oxygen atoms in total. The number of aromatic nitrogens is 1. The number of anilines is 1. The summed E-state index contributed by atoms with van der Waals surface area (Å²) in [6.45, 7) is 1.64. The zero-order chi connectivity index (χ0) is 16.8. The lowest BCUT2D eigenvalue weighted by Gasteiger charge is -2.16. The maximum Gasteiger partial charge on any atom is 0.245 e. The SMILES string of the molecule is Cc1cc(NC(=O)CN(C)C(=O)CCc2ccccc2O)no1. The molecule has 1 heterocycles. The number of benzene rings is 1. The fourth-order valence-corrected chi connectivity index (χ4v) is 2.07. The molecule has 0 radical (unpaired) electrons. The molecule has 0 atom stereocenters. The van der Waals surface area contributed by atoms with Crippen LogP contribution in [-0.4, -0.2) is 40.6 Å². The lowest BCUT2D eigenvalue weighted by atomic mass is 10.1.